The minimum absolute atomic E-state index is 0.110. The summed E-state index contributed by atoms with van der Waals surface area (Å²) in [4.78, 5) is 5.02. The van der Waals surface area contributed by atoms with Crippen LogP contribution in [-0.2, 0) is 0 Å². The van der Waals surface area contributed by atoms with Gasteiger partial charge in [0.2, 0.25) is 6.71 Å². The van der Waals surface area contributed by atoms with Crippen LogP contribution in [0.4, 0.5) is 34.1 Å². The minimum Gasteiger partial charge on any atom is -0.307 e. The molecule has 0 unspecified atom stereocenters. The summed E-state index contributed by atoms with van der Waals surface area (Å²) in [5.74, 6) is 0. The monoisotopic (exact) mass is 590 g/mol. The Morgan fingerprint density at radius 3 is 1.76 bits per heavy atom. The molecule has 220 valence electrons. The van der Waals surface area contributed by atoms with E-state index >= 15 is 0 Å². The third-order valence-electron chi connectivity index (χ3n) is 10.1. The summed E-state index contributed by atoms with van der Waals surface area (Å²) >= 11 is 0. The molecule has 2 heterocycles. The molecular formula is C43H35BN2. The third-order valence-corrected chi connectivity index (χ3v) is 10.1. The van der Waals surface area contributed by atoms with Gasteiger partial charge in [-0.1, -0.05) is 118 Å². The van der Waals surface area contributed by atoms with Crippen molar-refractivity contribution in [3.8, 4) is 0 Å². The maximum absolute atomic E-state index is 2.55. The van der Waals surface area contributed by atoms with Gasteiger partial charge in [0.25, 0.3) is 0 Å². The van der Waals surface area contributed by atoms with E-state index in [0.717, 1.165) is 0 Å². The number of para-hydroxylation sites is 3. The van der Waals surface area contributed by atoms with E-state index in [2.05, 4.69) is 166 Å². The maximum atomic E-state index is 2.55. The Balaban J connectivity index is 1.38. The molecule has 7 aromatic carbocycles. The first kappa shape index (κ1) is 27.1. The first-order valence-corrected chi connectivity index (χ1v) is 16.3. The van der Waals surface area contributed by atoms with Crippen molar-refractivity contribution in [1.82, 2.24) is 0 Å². The van der Waals surface area contributed by atoms with Crippen LogP contribution in [0.2, 0.25) is 0 Å². The van der Waals surface area contributed by atoms with E-state index < -0.39 is 0 Å². The number of rotatable bonds is 2. The Morgan fingerprint density at radius 2 is 1.02 bits per heavy atom. The van der Waals surface area contributed by atoms with E-state index in [1.165, 1.54) is 99.9 Å². The molecule has 0 amide bonds. The van der Waals surface area contributed by atoms with Gasteiger partial charge in [0, 0.05) is 11.4 Å². The normalized spacial score (nSPS) is 13.2. The fraction of sp³-hybridized carbons (Fsp3) is 0.116. The van der Waals surface area contributed by atoms with Crippen molar-refractivity contribution >= 4 is 78.8 Å². The zero-order chi connectivity index (χ0) is 31.3. The maximum Gasteiger partial charge on any atom is 0.247 e. The van der Waals surface area contributed by atoms with Crippen LogP contribution < -0.4 is 26.2 Å². The van der Waals surface area contributed by atoms with Gasteiger partial charge in [-0.2, -0.15) is 0 Å². The van der Waals surface area contributed by atoms with E-state index in [1.54, 1.807) is 0 Å². The van der Waals surface area contributed by atoms with E-state index in [-0.39, 0.29) is 6.71 Å². The highest BCUT2D eigenvalue weighted by Gasteiger charge is 2.42. The zero-order valence-corrected chi connectivity index (χ0v) is 27.0. The Morgan fingerprint density at radius 1 is 0.413 bits per heavy atom. The van der Waals surface area contributed by atoms with Gasteiger partial charge >= 0.3 is 0 Å². The first-order valence-electron chi connectivity index (χ1n) is 16.3. The van der Waals surface area contributed by atoms with Gasteiger partial charge in [0.05, 0.1) is 22.7 Å². The van der Waals surface area contributed by atoms with Crippen molar-refractivity contribution in [2.24, 2.45) is 0 Å². The molecule has 0 aromatic heterocycles. The zero-order valence-electron chi connectivity index (χ0n) is 27.0. The number of fused-ring (bicyclic) bond motifs is 6. The highest BCUT2D eigenvalue weighted by molar-refractivity contribution is 6.98. The average molecular weight is 591 g/mol. The number of nitrogens with zero attached hydrogens (tertiary/aromatic N) is 2. The lowest BCUT2D eigenvalue weighted by Crippen LogP contribution is -2.59. The van der Waals surface area contributed by atoms with Crippen molar-refractivity contribution in [3.05, 3.63) is 149 Å². The van der Waals surface area contributed by atoms with E-state index in [4.69, 9.17) is 0 Å². The van der Waals surface area contributed by atoms with Crippen molar-refractivity contribution in [2.45, 2.75) is 34.6 Å². The second kappa shape index (κ2) is 9.86. The van der Waals surface area contributed by atoms with Gasteiger partial charge in [-0.25, -0.2) is 0 Å². The minimum atomic E-state index is 0.110. The van der Waals surface area contributed by atoms with Crippen LogP contribution in [0.15, 0.2) is 121 Å². The molecule has 0 fully saturated rings. The average Bonchev–Trinajstić information content (AvgIpc) is 3.04. The first-order chi connectivity index (χ1) is 22.4. The number of aryl methyl sites for hydroxylation is 5. The van der Waals surface area contributed by atoms with E-state index in [0.29, 0.717) is 0 Å². The van der Waals surface area contributed by atoms with Crippen LogP contribution in [0, 0.1) is 34.6 Å². The molecule has 7 aromatic rings. The molecule has 46 heavy (non-hydrogen) atoms. The molecule has 0 atom stereocenters. The third kappa shape index (κ3) is 3.91. The van der Waals surface area contributed by atoms with Gasteiger partial charge in [-0.05, 0) is 103 Å². The van der Waals surface area contributed by atoms with Crippen molar-refractivity contribution in [1.29, 1.82) is 0 Å². The van der Waals surface area contributed by atoms with Gasteiger partial charge in [0.15, 0.2) is 0 Å². The van der Waals surface area contributed by atoms with Crippen LogP contribution >= 0.6 is 0 Å². The van der Waals surface area contributed by atoms with Crippen molar-refractivity contribution in [3.63, 3.8) is 0 Å². The van der Waals surface area contributed by atoms with E-state index in [1.807, 2.05) is 0 Å². The van der Waals surface area contributed by atoms with Gasteiger partial charge in [-0.15, -0.1) is 0 Å². The highest BCUT2D eigenvalue weighted by atomic mass is 15.3. The molecule has 9 rings (SSSR count). The molecule has 0 saturated carbocycles. The fourth-order valence-corrected chi connectivity index (χ4v) is 8.29. The number of benzene rings is 7. The SMILES string of the molecule is Cc1cc(C)c(B2c3cc4cc(C)ccc4cc3N3c4ccccc4N(c4ccc5cc(C)ccc5c4)c4cccc2c43)c(C)c1. The van der Waals surface area contributed by atoms with Gasteiger partial charge in [0.1, 0.15) is 0 Å². The lowest BCUT2D eigenvalue weighted by Gasteiger charge is -2.46. The summed E-state index contributed by atoms with van der Waals surface area (Å²) in [5.41, 5.74) is 18.0. The Labute approximate surface area is 271 Å². The molecule has 0 N–H and O–H groups in total. The molecule has 3 heteroatoms. The number of hydrogen-bond acceptors (Lipinski definition) is 2. The van der Waals surface area contributed by atoms with Crippen LogP contribution in [0.5, 0.6) is 0 Å². The highest BCUT2D eigenvalue weighted by Crippen LogP contribution is 2.54. The predicted octanol–water partition coefficient (Wildman–Crippen LogP) is 9.62. The molecule has 0 aliphatic carbocycles. The number of hydrogen-bond donors (Lipinski definition) is 0. The quantitative estimate of drug-likeness (QED) is 0.185. The summed E-state index contributed by atoms with van der Waals surface area (Å²) < 4.78 is 0. The van der Waals surface area contributed by atoms with Crippen molar-refractivity contribution in [2.75, 3.05) is 9.80 Å². The smallest absolute Gasteiger partial charge is 0.247 e. The molecular weight excluding hydrogens is 555 g/mol. The Bertz CT molecular complexity index is 2380. The standard InChI is InChI=1S/C43H35BN2/c1-26-13-15-32-23-35(18-17-31(32)21-26)45-38-10-6-7-11-39(38)46-41-25-33-16-14-27(2)22-34(33)24-37(41)44(36-9-8-12-40(45)43(36)46)42-29(4)19-28(3)20-30(42)5/h6-25H,1-5H3. The largest absolute Gasteiger partial charge is 0.307 e. The van der Waals surface area contributed by atoms with Gasteiger partial charge < -0.3 is 9.80 Å². The summed E-state index contributed by atoms with van der Waals surface area (Å²) in [7, 11) is 0. The number of anilines is 6. The molecule has 0 saturated heterocycles. The lowest BCUT2D eigenvalue weighted by atomic mass is 9.33. The molecule has 0 radical (unpaired) electrons. The summed E-state index contributed by atoms with van der Waals surface area (Å²) in [6.45, 7) is 11.3. The summed E-state index contributed by atoms with van der Waals surface area (Å²) in [6.07, 6.45) is 0. The van der Waals surface area contributed by atoms with Crippen molar-refractivity contribution < 1.29 is 0 Å². The van der Waals surface area contributed by atoms with Crippen LogP contribution in [0.25, 0.3) is 21.5 Å². The molecule has 0 spiro atoms. The van der Waals surface area contributed by atoms with Crippen LogP contribution in [0.1, 0.15) is 27.8 Å². The second-order valence-corrected chi connectivity index (χ2v) is 13.4. The predicted molar refractivity (Wildman–Crippen MR) is 199 cm³/mol. The molecule has 2 aliphatic heterocycles. The second-order valence-electron chi connectivity index (χ2n) is 13.4. The van der Waals surface area contributed by atoms with Crippen LogP contribution in [-0.4, -0.2) is 6.71 Å². The van der Waals surface area contributed by atoms with Gasteiger partial charge in [-0.3, -0.25) is 0 Å². The topological polar surface area (TPSA) is 6.48 Å². The Kier molecular flexibility index (Phi) is 5.80. The van der Waals surface area contributed by atoms with E-state index in [9.17, 15) is 0 Å². The molecule has 2 nitrogen and oxygen atoms in total. The summed E-state index contributed by atoms with van der Waals surface area (Å²) in [5, 5.41) is 5.09. The molecule has 2 aliphatic rings. The van der Waals surface area contributed by atoms with Crippen LogP contribution in [0.3, 0.4) is 0 Å². The Hall–Kier alpha value is -5.28. The molecule has 0 bridgehead atoms. The lowest BCUT2D eigenvalue weighted by molar-refractivity contribution is 1.18. The summed E-state index contributed by atoms with van der Waals surface area (Å²) in [6, 6.07) is 45.9. The fourth-order valence-electron chi connectivity index (χ4n) is 8.29.